The van der Waals surface area contributed by atoms with Crippen LogP contribution in [0.5, 0.6) is 0 Å². The summed E-state index contributed by atoms with van der Waals surface area (Å²) < 4.78 is 0. The fourth-order valence-corrected chi connectivity index (χ4v) is 2.96. The van der Waals surface area contributed by atoms with Crippen LogP contribution in [-0.4, -0.2) is 42.3 Å². The standard InChI is InChI=1S/C11H18N2OS/c1-9-7-13(5-4-12-9)10(8-14)11-3-2-6-15-11/h2-3,6,9-10,12,14H,4-5,7-8H2,1H3. The molecule has 2 N–H and O–H groups in total. The molecular weight excluding hydrogens is 208 g/mol. The molecule has 0 bridgehead atoms. The number of rotatable bonds is 3. The SMILES string of the molecule is CC1CN(C(CO)c2cccs2)CCN1. The molecule has 1 fully saturated rings. The van der Waals surface area contributed by atoms with E-state index in [1.807, 2.05) is 6.07 Å². The van der Waals surface area contributed by atoms with Crippen LogP contribution in [0.2, 0.25) is 0 Å². The third-order valence-electron chi connectivity index (χ3n) is 2.89. The van der Waals surface area contributed by atoms with Crippen molar-refractivity contribution in [2.24, 2.45) is 0 Å². The molecule has 2 unspecified atom stereocenters. The van der Waals surface area contributed by atoms with Crippen LogP contribution in [0.1, 0.15) is 17.8 Å². The van der Waals surface area contributed by atoms with Gasteiger partial charge in [0.25, 0.3) is 0 Å². The average Bonchev–Trinajstić information content (AvgIpc) is 2.72. The molecule has 1 aromatic heterocycles. The van der Waals surface area contributed by atoms with Gasteiger partial charge >= 0.3 is 0 Å². The summed E-state index contributed by atoms with van der Waals surface area (Å²) in [6, 6.07) is 4.87. The fourth-order valence-electron chi connectivity index (χ4n) is 2.11. The van der Waals surface area contributed by atoms with E-state index in [2.05, 4.69) is 28.6 Å². The maximum absolute atomic E-state index is 9.48. The summed E-state index contributed by atoms with van der Waals surface area (Å²) in [6.07, 6.45) is 0. The lowest BCUT2D eigenvalue weighted by molar-refractivity contribution is 0.0983. The van der Waals surface area contributed by atoms with Crippen LogP contribution in [0.4, 0.5) is 0 Å². The average molecular weight is 226 g/mol. The van der Waals surface area contributed by atoms with Crippen molar-refractivity contribution in [1.29, 1.82) is 0 Å². The quantitative estimate of drug-likeness (QED) is 0.809. The van der Waals surface area contributed by atoms with Crippen LogP contribution in [-0.2, 0) is 0 Å². The fraction of sp³-hybridized carbons (Fsp3) is 0.636. The summed E-state index contributed by atoms with van der Waals surface area (Å²) in [7, 11) is 0. The summed E-state index contributed by atoms with van der Waals surface area (Å²) >= 11 is 1.73. The van der Waals surface area contributed by atoms with Gasteiger partial charge in [0.15, 0.2) is 0 Å². The molecule has 0 radical (unpaired) electrons. The van der Waals surface area contributed by atoms with Crippen LogP contribution >= 0.6 is 11.3 Å². The smallest absolute Gasteiger partial charge is 0.0675 e. The second kappa shape index (κ2) is 5.07. The van der Waals surface area contributed by atoms with Gasteiger partial charge in [0.05, 0.1) is 12.6 Å². The first-order valence-electron chi connectivity index (χ1n) is 5.43. The highest BCUT2D eigenvalue weighted by Crippen LogP contribution is 2.25. The van der Waals surface area contributed by atoms with Gasteiger partial charge in [0, 0.05) is 30.6 Å². The summed E-state index contributed by atoms with van der Waals surface area (Å²) in [4.78, 5) is 3.64. The molecule has 2 heterocycles. The van der Waals surface area contributed by atoms with Gasteiger partial charge in [-0.05, 0) is 18.4 Å². The Bertz CT molecular complexity index is 289. The third kappa shape index (κ3) is 2.58. The summed E-state index contributed by atoms with van der Waals surface area (Å²) in [5.74, 6) is 0. The Morgan fingerprint density at radius 1 is 1.73 bits per heavy atom. The first-order chi connectivity index (χ1) is 7.31. The van der Waals surface area contributed by atoms with Crippen molar-refractivity contribution in [3.63, 3.8) is 0 Å². The van der Waals surface area contributed by atoms with E-state index in [9.17, 15) is 5.11 Å². The van der Waals surface area contributed by atoms with Gasteiger partial charge in [-0.2, -0.15) is 0 Å². The van der Waals surface area contributed by atoms with Gasteiger partial charge in [-0.3, -0.25) is 4.90 Å². The minimum absolute atomic E-state index is 0.189. The number of hydrogen-bond donors (Lipinski definition) is 2. The van der Waals surface area contributed by atoms with E-state index in [1.165, 1.54) is 4.88 Å². The highest BCUT2D eigenvalue weighted by molar-refractivity contribution is 7.10. The van der Waals surface area contributed by atoms with E-state index in [0.717, 1.165) is 19.6 Å². The van der Waals surface area contributed by atoms with Gasteiger partial charge in [-0.1, -0.05) is 6.07 Å². The van der Waals surface area contributed by atoms with E-state index in [4.69, 9.17) is 0 Å². The first-order valence-corrected chi connectivity index (χ1v) is 6.31. The Kier molecular flexibility index (Phi) is 3.75. The zero-order valence-corrected chi connectivity index (χ0v) is 9.83. The Morgan fingerprint density at radius 3 is 3.20 bits per heavy atom. The van der Waals surface area contributed by atoms with Gasteiger partial charge in [-0.25, -0.2) is 0 Å². The van der Waals surface area contributed by atoms with Crippen LogP contribution in [0.25, 0.3) is 0 Å². The molecule has 0 amide bonds. The second-order valence-corrected chi connectivity index (χ2v) is 5.04. The molecule has 1 saturated heterocycles. The number of nitrogens with one attached hydrogen (secondary N) is 1. The minimum Gasteiger partial charge on any atom is -0.394 e. The highest BCUT2D eigenvalue weighted by atomic mass is 32.1. The van der Waals surface area contributed by atoms with Crippen molar-refractivity contribution in [2.75, 3.05) is 26.2 Å². The number of hydrogen-bond acceptors (Lipinski definition) is 4. The predicted molar refractivity (Wildman–Crippen MR) is 63.2 cm³/mol. The molecule has 0 spiro atoms. The molecule has 1 aromatic rings. The Labute approximate surface area is 94.7 Å². The number of aliphatic hydroxyl groups excluding tert-OH is 1. The van der Waals surface area contributed by atoms with Crippen molar-refractivity contribution in [3.8, 4) is 0 Å². The normalized spacial score (nSPS) is 25.3. The first kappa shape index (κ1) is 11.1. The van der Waals surface area contributed by atoms with Crippen LogP contribution in [0.15, 0.2) is 17.5 Å². The van der Waals surface area contributed by atoms with E-state index in [0.29, 0.717) is 6.04 Å². The van der Waals surface area contributed by atoms with Crippen molar-refractivity contribution in [1.82, 2.24) is 10.2 Å². The Morgan fingerprint density at radius 2 is 2.60 bits per heavy atom. The van der Waals surface area contributed by atoms with Crippen molar-refractivity contribution in [3.05, 3.63) is 22.4 Å². The Hall–Kier alpha value is -0.420. The number of nitrogens with zero attached hydrogens (tertiary/aromatic N) is 1. The van der Waals surface area contributed by atoms with Crippen molar-refractivity contribution >= 4 is 11.3 Å². The number of aliphatic hydroxyl groups is 1. The third-order valence-corrected chi connectivity index (χ3v) is 3.86. The summed E-state index contributed by atoms with van der Waals surface area (Å²) in [5.41, 5.74) is 0. The van der Waals surface area contributed by atoms with Gasteiger partial charge in [0.2, 0.25) is 0 Å². The molecular formula is C11H18N2OS. The molecule has 1 aliphatic rings. The van der Waals surface area contributed by atoms with E-state index < -0.39 is 0 Å². The summed E-state index contributed by atoms with van der Waals surface area (Å²) in [6.45, 7) is 5.46. The van der Waals surface area contributed by atoms with Gasteiger partial charge in [-0.15, -0.1) is 11.3 Å². The molecule has 2 atom stereocenters. The molecule has 15 heavy (non-hydrogen) atoms. The zero-order valence-electron chi connectivity index (χ0n) is 9.02. The lowest BCUT2D eigenvalue weighted by Gasteiger charge is -2.36. The molecule has 0 aliphatic carbocycles. The largest absolute Gasteiger partial charge is 0.394 e. The Balaban J connectivity index is 2.06. The van der Waals surface area contributed by atoms with E-state index >= 15 is 0 Å². The maximum atomic E-state index is 9.48. The number of thiophene rings is 1. The predicted octanol–water partition coefficient (Wildman–Crippen LogP) is 1.08. The van der Waals surface area contributed by atoms with Crippen LogP contribution in [0, 0.1) is 0 Å². The molecule has 84 valence electrons. The molecule has 3 nitrogen and oxygen atoms in total. The van der Waals surface area contributed by atoms with E-state index in [1.54, 1.807) is 11.3 Å². The van der Waals surface area contributed by atoms with Crippen molar-refractivity contribution < 1.29 is 5.11 Å². The van der Waals surface area contributed by atoms with Crippen LogP contribution < -0.4 is 5.32 Å². The monoisotopic (exact) mass is 226 g/mol. The van der Waals surface area contributed by atoms with E-state index in [-0.39, 0.29) is 12.6 Å². The zero-order chi connectivity index (χ0) is 10.7. The molecule has 1 aliphatic heterocycles. The summed E-state index contributed by atoms with van der Waals surface area (Å²) in [5, 5.41) is 15.0. The molecule has 0 saturated carbocycles. The topological polar surface area (TPSA) is 35.5 Å². The molecule has 4 heteroatoms. The van der Waals surface area contributed by atoms with Crippen molar-refractivity contribution in [2.45, 2.75) is 19.0 Å². The van der Waals surface area contributed by atoms with Gasteiger partial charge in [0.1, 0.15) is 0 Å². The van der Waals surface area contributed by atoms with Gasteiger partial charge < -0.3 is 10.4 Å². The molecule has 2 rings (SSSR count). The second-order valence-electron chi connectivity index (χ2n) is 4.06. The maximum Gasteiger partial charge on any atom is 0.0675 e. The molecule has 0 aromatic carbocycles. The lowest BCUT2D eigenvalue weighted by Crippen LogP contribution is -2.50. The highest BCUT2D eigenvalue weighted by Gasteiger charge is 2.24. The van der Waals surface area contributed by atoms with Crippen LogP contribution in [0.3, 0.4) is 0 Å². The minimum atomic E-state index is 0.189. The number of piperazine rings is 1. The lowest BCUT2D eigenvalue weighted by atomic mass is 10.1.